The van der Waals surface area contributed by atoms with Gasteiger partial charge in [0.15, 0.2) is 0 Å². The van der Waals surface area contributed by atoms with Gasteiger partial charge in [0.05, 0.1) is 0 Å². The molecule has 0 spiro atoms. The van der Waals surface area contributed by atoms with Crippen molar-refractivity contribution in [1.29, 1.82) is 0 Å². The molecule has 0 radical (unpaired) electrons. The average molecular weight is 175 g/mol. The first-order chi connectivity index (χ1) is 6.20. The Hall–Kier alpha value is -1.31. The highest BCUT2D eigenvalue weighted by atomic mass is 16.2. The molecule has 2 rings (SSSR count). The lowest BCUT2D eigenvalue weighted by molar-refractivity contribution is -0.119. The highest BCUT2D eigenvalue weighted by Gasteiger charge is 2.25. The van der Waals surface area contributed by atoms with E-state index in [1.807, 2.05) is 25.2 Å². The van der Waals surface area contributed by atoms with Gasteiger partial charge in [0, 0.05) is 19.2 Å². The van der Waals surface area contributed by atoms with Crippen LogP contribution >= 0.6 is 0 Å². The number of fused-ring (bicyclic) bond motifs is 1. The summed E-state index contributed by atoms with van der Waals surface area (Å²) in [7, 11) is 1.84. The van der Waals surface area contributed by atoms with Gasteiger partial charge in [-0.25, -0.2) is 0 Å². The zero-order valence-corrected chi connectivity index (χ0v) is 7.95. The van der Waals surface area contributed by atoms with Gasteiger partial charge in [0.2, 0.25) is 5.91 Å². The summed E-state index contributed by atoms with van der Waals surface area (Å²) in [4.78, 5) is 13.2. The van der Waals surface area contributed by atoms with Gasteiger partial charge in [-0.2, -0.15) is 0 Å². The predicted molar refractivity (Wildman–Crippen MR) is 52.9 cm³/mol. The lowest BCUT2D eigenvalue weighted by Crippen LogP contribution is -2.32. The molecule has 1 aromatic rings. The third kappa shape index (κ3) is 1.22. The summed E-state index contributed by atoms with van der Waals surface area (Å²) in [5.74, 6) is 0.575. The molecule has 0 aromatic heterocycles. The summed E-state index contributed by atoms with van der Waals surface area (Å²) in [5.41, 5.74) is 2.34. The van der Waals surface area contributed by atoms with Crippen molar-refractivity contribution in [3.05, 3.63) is 29.8 Å². The topological polar surface area (TPSA) is 20.3 Å². The van der Waals surface area contributed by atoms with Gasteiger partial charge < -0.3 is 4.90 Å². The number of nitrogens with zero attached hydrogens (tertiary/aromatic N) is 1. The van der Waals surface area contributed by atoms with Crippen LogP contribution in [0.4, 0.5) is 5.69 Å². The number of carbonyl (C=O) groups is 1. The van der Waals surface area contributed by atoms with E-state index >= 15 is 0 Å². The molecule has 0 fully saturated rings. The van der Waals surface area contributed by atoms with Crippen molar-refractivity contribution >= 4 is 11.6 Å². The van der Waals surface area contributed by atoms with Crippen molar-refractivity contribution in [2.75, 3.05) is 11.9 Å². The van der Waals surface area contributed by atoms with Crippen LogP contribution in [0.5, 0.6) is 0 Å². The smallest absolute Gasteiger partial charge is 0.227 e. The minimum atomic E-state index is 0.214. The molecule has 1 heterocycles. The SMILES string of the molecule is C[C@H]1CC(=O)N(C)c2ccccc21. The largest absolute Gasteiger partial charge is 0.315 e. The molecule has 0 bridgehead atoms. The van der Waals surface area contributed by atoms with Crippen LogP contribution in [-0.4, -0.2) is 13.0 Å². The second-order valence-electron chi connectivity index (χ2n) is 3.62. The molecule has 0 N–H and O–H groups in total. The quantitative estimate of drug-likeness (QED) is 0.591. The summed E-state index contributed by atoms with van der Waals surface area (Å²) in [6.07, 6.45) is 0.632. The highest BCUT2D eigenvalue weighted by Crippen LogP contribution is 2.34. The van der Waals surface area contributed by atoms with Crippen molar-refractivity contribution in [2.45, 2.75) is 19.3 Å². The lowest BCUT2D eigenvalue weighted by Gasteiger charge is -2.29. The molecule has 1 aliphatic heterocycles. The van der Waals surface area contributed by atoms with Crippen LogP contribution in [-0.2, 0) is 4.79 Å². The van der Waals surface area contributed by atoms with Crippen molar-refractivity contribution in [2.24, 2.45) is 0 Å². The Balaban J connectivity index is 2.53. The predicted octanol–water partition coefficient (Wildman–Crippen LogP) is 2.16. The Morgan fingerprint density at radius 2 is 2.08 bits per heavy atom. The Labute approximate surface area is 78.2 Å². The molecule has 68 valence electrons. The minimum Gasteiger partial charge on any atom is -0.315 e. The van der Waals surface area contributed by atoms with Crippen molar-refractivity contribution in [1.82, 2.24) is 0 Å². The first kappa shape index (κ1) is 8.30. The van der Waals surface area contributed by atoms with E-state index in [9.17, 15) is 4.79 Å². The zero-order valence-electron chi connectivity index (χ0n) is 7.95. The average Bonchev–Trinajstić information content (AvgIpc) is 2.15. The maximum atomic E-state index is 11.5. The summed E-state index contributed by atoms with van der Waals surface area (Å²) >= 11 is 0. The van der Waals surface area contributed by atoms with Gasteiger partial charge in [0.1, 0.15) is 0 Å². The number of carbonyl (C=O) groups excluding carboxylic acids is 1. The van der Waals surface area contributed by atoms with Gasteiger partial charge in [-0.3, -0.25) is 4.79 Å². The summed E-state index contributed by atoms with van der Waals surface area (Å²) < 4.78 is 0. The fraction of sp³-hybridized carbons (Fsp3) is 0.364. The fourth-order valence-electron chi connectivity index (χ4n) is 1.85. The van der Waals surface area contributed by atoms with Crippen molar-refractivity contribution < 1.29 is 4.79 Å². The Kier molecular flexibility index (Phi) is 1.83. The van der Waals surface area contributed by atoms with E-state index in [1.165, 1.54) is 5.56 Å². The first-order valence-corrected chi connectivity index (χ1v) is 4.55. The van der Waals surface area contributed by atoms with Crippen molar-refractivity contribution in [3.63, 3.8) is 0 Å². The second-order valence-corrected chi connectivity index (χ2v) is 3.62. The van der Waals surface area contributed by atoms with E-state index in [0.717, 1.165) is 5.69 Å². The maximum Gasteiger partial charge on any atom is 0.227 e. The van der Waals surface area contributed by atoms with Gasteiger partial charge in [-0.15, -0.1) is 0 Å². The fourth-order valence-corrected chi connectivity index (χ4v) is 1.85. The van der Waals surface area contributed by atoms with Crippen LogP contribution in [0.1, 0.15) is 24.8 Å². The third-order valence-electron chi connectivity index (χ3n) is 2.68. The number of para-hydroxylation sites is 1. The normalized spacial score (nSPS) is 21.5. The van der Waals surface area contributed by atoms with E-state index < -0.39 is 0 Å². The molecule has 13 heavy (non-hydrogen) atoms. The number of anilines is 1. The van der Waals surface area contributed by atoms with Crippen LogP contribution in [0, 0.1) is 0 Å². The molecule has 1 atom stereocenters. The standard InChI is InChI=1S/C11H13NO/c1-8-7-11(13)12(2)10-6-4-3-5-9(8)10/h3-6,8H,7H2,1-2H3/t8-/m0/s1. The molecule has 0 saturated heterocycles. The number of rotatable bonds is 0. The number of benzene rings is 1. The summed E-state index contributed by atoms with van der Waals surface area (Å²) in [6.45, 7) is 2.10. The van der Waals surface area contributed by atoms with E-state index in [2.05, 4.69) is 13.0 Å². The lowest BCUT2D eigenvalue weighted by atomic mass is 9.91. The molecule has 1 amide bonds. The molecule has 0 saturated carbocycles. The molecule has 1 aromatic carbocycles. The van der Waals surface area contributed by atoms with Crippen LogP contribution in [0.2, 0.25) is 0 Å². The van der Waals surface area contributed by atoms with E-state index in [4.69, 9.17) is 0 Å². The van der Waals surface area contributed by atoms with E-state index in [1.54, 1.807) is 4.90 Å². The summed E-state index contributed by atoms with van der Waals surface area (Å²) in [5, 5.41) is 0. The number of hydrogen-bond donors (Lipinski definition) is 0. The molecule has 1 aliphatic rings. The first-order valence-electron chi connectivity index (χ1n) is 4.55. The van der Waals surface area contributed by atoms with Crippen LogP contribution < -0.4 is 4.90 Å². The van der Waals surface area contributed by atoms with E-state index in [0.29, 0.717) is 12.3 Å². The molecule has 2 nitrogen and oxygen atoms in total. The van der Waals surface area contributed by atoms with Gasteiger partial charge in [0.25, 0.3) is 0 Å². The van der Waals surface area contributed by atoms with Gasteiger partial charge >= 0.3 is 0 Å². The Bertz CT molecular complexity index is 346. The number of hydrogen-bond acceptors (Lipinski definition) is 1. The minimum absolute atomic E-state index is 0.214. The molecule has 0 aliphatic carbocycles. The summed E-state index contributed by atoms with van der Waals surface area (Å²) in [6, 6.07) is 8.10. The second kappa shape index (κ2) is 2.87. The highest BCUT2D eigenvalue weighted by molar-refractivity contribution is 5.96. The molecule has 2 heteroatoms. The zero-order chi connectivity index (χ0) is 9.42. The monoisotopic (exact) mass is 175 g/mol. The Morgan fingerprint density at radius 1 is 1.38 bits per heavy atom. The Morgan fingerprint density at radius 3 is 2.85 bits per heavy atom. The van der Waals surface area contributed by atoms with Gasteiger partial charge in [-0.05, 0) is 17.5 Å². The molecular formula is C11H13NO. The van der Waals surface area contributed by atoms with E-state index in [-0.39, 0.29) is 5.91 Å². The molecule has 0 unspecified atom stereocenters. The van der Waals surface area contributed by atoms with Gasteiger partial charge in [-0.1, -0.05) is 25.1 Å². The third-order valence-corrected chi connectivity index (χ3v) is 2.68. The molecular weight excluding hydrogens is 162 g/mol. The number of amides is 1. The van der Waals surface area contributed by atoms with Crippen molar-refractivity contribution in [3.8, 4) is 0 Å². The van der Waals surface area contributed by atoms with Crippen LogP contribution in [0.25, 0.3) is 0 Å². The van der Waals surface area contributed by atoms with Crippen LogP contribution in [0.3, 0.4) is 0 Å². The van der Waals surface area contributed by atoms with Crippen LogP contribution in [0.15, 0.2) is 24.3 Å². The maximum absolute atomic E-state index is 11.5.